The Bertz CT molecular complexity index is 828. The first kappa shape index (κ1) is 20.2. The second-order valence-electron chi connectivity index (χ2n) is 5.28. The molecule has 2 rings (SSSR count). The lowest BCUT2D eigenvalue weighted by molar-refractivity contribution is -0.128. The molecule has 0 heterocycles. The summed E-state index contributed by atoms with van der Waals surface area (Å²) in [4.78, 5) is 35.3. The van der Waals surface area contributed by atoms with Gasteiger partial charge in [-0.3, -0.25) is 25.2 Å². The molecule has 0 radical (unpaired) electrons. The molecule has 0 atom stereocenters. The van der Waals surface area contributed by atoms with E-state index in [-0.39, 0.29) is 12.3 Å². The number of halogens is 1. The predicted octanol–water partition coefficient (Wildman–Crippen LogP) is 1.89. The van der Waals surface area contributed by atoms with Gasteiger partial charge in [-0.25, -0.2) is 4.39 Å². The highest BCUT2D eigenvalue weighted by Crippen LogP contribution is 2.20. The third kappa shape index (κ3) is 7.74. The Kier molecular flexibility index (Phi) is 8.05. The number of benzene rings is 2. The van der Waals surface area contributed by atoms with Crippen molar-refractivity contribution in [3.8, 4) is 0 Å². The van der Waals surface area contributed by atoms with Crippen LogP contribution in [0.25, 0.3) is 6.08 Å². The maximum absolute atomic E-state index is 13.4. The second-order valence-corrected chi connectivity index (χ2v) is 6.29. The minimum Gasteiger partial charge on any atom is -0.343 e. The molecule has 0 spiro atoms. The number of thioether (sulfide) groups is 1. The molecule has 2 aromatic rings. The summed E-state index contributed by atoms with van der Waals surface area (Å²) in [5.74, 6) is -1.98. The van der Waals surface area contributed by atoms with Crippen LogP contribution in [0.5, 0.6) is 0 Å². The van der Waals surface area contributed by atoms with Crippen molar-refractivity contribution in [2.45, 2.75) is 4.90 Å². The molecule has 0 aliphatic carbocycles. The summed E-state index contributed by atoms with van der Waals surface area (Å²) in [5.41, 5.74) is 5.24. The average molecular weight is 387 g/mol. The van der Waals surface area contributed by atoms with Crippen molar-refractivity contribution in [2.24, 2.45) is 0 Å². The van der Waals surface area contributed by atoms with Gasteiger partial charge < -0.3 is 5.32 Å². The summed E-state index contributed by atoms with van der Waals surface area (Å²) in [7, 11) is 0. The highest BCUT2D eigenvalue weighted by molar-refractivity contribution is 8.00. The molecule has 2 aromatic carbocycles. The lowest BCUT2D eigenvalue weighted by Crippen LogP contribution is -2.46. The normalized spacial score (nSPS) is 10.4. The Balaban J connectivity index is 1.64. The van der Waals surface area contributed by atoms with Gasteiger partial charge in [0.15, 0.2) is 0 Å². The number of carbonyl (C=O) groups is 3. The quantitative estimate of drug-likeness (QED) is 0.385. The van der Waals surface area contributed by atoms with Gasteiger partial charge in [0.1, 0.15) is 5.82 Å². The topological polar surface area (TPSA) is 87.3 Å². The summed E-state index contributed by atoms with van der Waals surface area (Å²) in [6.07, 6.45) is 2.93. The number of hydrogen-bond donors (Lipinski definition) is 3. The first-order valence-corrected chi connectivity index (χ1v) is 8.99. The van der Waals surface area contributed by atoms with Crippen molar-refractivity contribution in [1.82, 2.24) is 16.2 Å². The van der Waals surface area contributed by atoms with Crippen LogP contribution in [0.1, 0.15) is 5.56 Å². The molecule has 0 saturated heterocycles. The molecular weight excluding hydrogens is 369 g/mol. The molecule has 0 aliphatic heterocycles. The minimum absolute atomic E-state index is 0.0621. The van der Waals surface area contributed by atoms with Crippen LogP contribution in [0.2, 0.25) is 0 Å². The van der Waals surface area contributed by atoms with Crippen molar-refractivity contribution >= 4 is 35.6 Å². The Morgan fingerprint density at radius 3 is 2.33 bits per heavy atom. The lowest BCUT2D eigenvalue weighted by atomic mass is 10.2. The SMILES string of the molecule is O=C(/C=C/c1ccccc1)NCC(=O)NNC(=O)CSc1ccccc1F. The minimum atomic E-state index is -0.583. The second kappa shape index (κ2) is 10.8. The van der Waals surface area contributed by atoms with Gasteiger partial charge in [-0.2, -0.15) is 0 Å². The fraction of sp³-hybridized carbons (Fsp3) is 0.105. The molecule has 0 aliphatic rings. The summed E-state index contributed by atoms with van der Waals surface area (Å²) in [6.45, 7) is -0.293. The van der Waals surface area contributed by atoms with Gasteiger partial charge in [-0.1, -0.05) is 42.5 Å². The largest absolute Gasteiger partial charge is 0.343 e. The van der Waals surface area contributed by atoms with Gasteiger partial charge in [0.05, 0.1) is 12.3 Å². The van der Waals surface area contributed by atoms with Gasteiger partial charge in [0.2, 0.25) is 11.8 Å². The zero-order valence-corrected chi connectivity index (χ0v) is 15.1. The zero-order chi connectivity index (χ0) is 19.5. The van der Waals surface area contributed by atoms with Gasteiger partial charge in [-0.05, 0) is 23.8 Å². The summed E-state index contributed by atoms with van der Waals surface area (Å²) >= 11 is 1.01. The van der Waals surface area contributed by atoms with Crippen LogP contribution in [0.15, 0.2) is 65.6 Å². The first-order chi connectivity index (χ1) is 13.0. The number of rotatable bonds is 7. The molecule has 27 heavy (non-hydrogen) atoms. The van der Waals surface area contributed by atoms with Crippen molar-refractivity contribution < 1.29 is 18.8 Å². The maximum Gasteiger partial charge on any atom is 0.257 e. The van der Waals surface area contributed by atoms with E-state index in [1.165, 1.54) is 12.1 Å². The fourth-order valence-electron chi connectivity index (χ4n) is 1.89. The van der Waals surface area contributed by atoms with Crippen LogP contribution in [0.3, 0.4) is 0 Å². The van der Waals surface area contributed by atoms with E-state index in [0.717, 1.165) is 17.3 Å². The van der Waals surface area contributed by atoms with Crippen molar-refractivity contribution in [3.63, 3.8) is 0 Å². The van der Waals surface area contributed by atoms with Crippen LogP contribution >= 0.6 is 11.8 Å². The molecule has 0 aromatic heterocycles. The van der Waals surface area contributed by atoms with Crippen molar-refractivity contribution in [3.05, 3.63) is 72.1 Å². The molecule has 6 nitrogen and oxygen atoms in total. The molecule has 140 valence electrons. The Morgan fingerprint density at radius 2 is 1.59 bits per heavy atom. The zero-order valence-electron chi connectivity index (χ0n) is 14.3. The Morgan fingerprint density at radius 1 is 0.926 bits per heavy atom. The summed E-state index contributed by atoms with van der Waals surface area (Å²) < 4.78 is 13.4. The molecule has 0 bridgehead atoms. The smallest absolute Gasteiger partial charge is 0.257 e. The van der Waals surface area contributed by atoms with Gasteiger partial charge in [0.25, 0.3) is 5.91 Å². The lowest BCUT2D eigenvalue weighted by Gasteiger charge is -2.08. The predicted molar refractivity (Wildman–Crippen MR) is 102 cm³/mol. The third-order valence-electron chi connectivity index (χ3n) is 3.19. The number of amides is 3. The highest BCUT2D eigenvalue weighted by atomic mass is 32.2. The standard InChI is InChI=1S/C19H18FN3O3S/c20-15-8-4-5-9-16(15)27-13-19(26)23-22-18(25)12-21-17(24)11-10-14-6-2-1-3-7-14/h1-11H,12-13H2,(H,21,24)(H,22,25)(H,23,26)/b11-10+. The number of nitrogens with one attached hydrogen (secondary N) is 3. The average Bonchev–Trinajstić information content (AvgIpc) is 2.69. The van der Waals surface area contributed by atoms with Crippen LogP contribution in [0.4, 0.5) is 4.39 Å². The van der Waals surface area contributed by atoms with E-state index in [2.05, 4.69) is 16.2 Å². The van der Waals surface area contributed by atoms with E-state index in [4.69, 9.17) is 0 Å². The monoisotopic (exact) mass is 387 g/mol. The van der Waals surface area contributed by atoms with Crippen LogP contribution in [-0.4, -0.2) is 30.0 Å². The molecule has 0 saturated carbocycles. The van der Waals surface area contributed by atoms with Crippen molar-refractivity contribution in [1.29, 1.82) is 0 Å². The molecule has 0 fully saturated rings. The van der Waals surface area contributed by atoms with Crippen molar-refractivity contribution in [2.75, 3.05) is 12.3 Å². The molecule has 8 heteroatoms. The Labute approximate surface area is 160 Å². The highest BCUT2D eigenvalue weighted by Gasteiger charge is 2.08. The van der Waals surface area contributed by atoms with Gasteiger partial charge in [0, 0.05) is 11.0 Å². The fourth-order valence-corrected chi connectivity index (χ4v) is 2.63. The number of hydrazine groups is 1. The van der Waals surface area contributed by atoms with Gasteiger partial charge in [-0.15, -0.1) is 11.8 Å². The maximum atomic E-state index is 13.4. The van der Waals surface area contributed by atoms with E-state index in [0.29, 0.717) is 4.90 Å². The van der Waals surface area contributed by atoms with Crippen LogP contribution in [-0.2, 0) is 14.4 Å². The van der Waals surface area contributed by atoms with Crippen LogP contribution < -0.4 is 16.2 Å². The summed E-state index contributed by atoms with van der Waals surface area (Å²) in [6, 6.07) is 15.3. The number of hydrogen-bond acceptors (Lipinski definition) is 4. The molecule has 3 amide bonds. The van der Waals surface area contributed by atoms with E-state index < -0.39 is 23.5 Å². The molecule has 3 N–H and O–H groups in total. The number of carbonyl (C=O) groups excluding carboxylic acids is 3. The summed E-state index contributed by atoms with van der Waals surface area (Å²) in [5, 5.41) is 2.40. The Hall–Kier alpha value is -3.13. The first-order valence-electron chi connectivity index (χ1n) is 8.00. The van der Waals surface area contributed by atoms with E-state index in [1.54, 1.807) is 24.3 Å². The van der Waals surface area contributed by atoms with Crippen LogP contribution in [0, 0.1) is 5.82 Å². The molecular formula is C19H18FN3O3S. The van der Waals surface area contributed by atoms with E-state index >= 15 is 0 Å². The molecule has 0 unspecified atom stereocenters. The van der Waals surface area contributed by atoms with E-state index in [1.807, 2.05) is 30.3 Å². The van der Waals surface area contributed by atoms with E-state index in [9.17, 15) is 18.8 Å². The third-order valence-corrected chi connectivity index (χ3v) is 4.24. The van der Waals surface area contributed by atoms with Gasteiger partial charge >= 0.3 is 0 Å².